The largest absolute Gasteiger partial charge is 0.376 e. The van der Waals surface area contributed by atoms with E-state index in [9.17, 15) is 9.90 Å². The Kier molecular flexibility index (Phi) is 9.71. The van der Waals surface area contributed by atoms with Gasteiger partial charge in [0.15, 0.2) is 0 Å². The zero-order chi connectivity index (χ0) is 30.8. The Bertz CT molecular complexity index is 1620. The molecule has 0 aliphatic heterocycles. The molecule has 0 unspecified atom stereocenters. The summed E-state index contributed by atoms with van der Waals surface area (Å²) < 4.78 is 0. The molecular weight excluding hydrogens is 562 g/mol. The van der Waals surface area contributed by atoms with Gasteiger partial charge in [0, 0.05) is 17.6 Å². The number of likely N-dealkylation sites (N-methyl/N-ethyl adjacent to an activating group) is 1. The molecule has 0 fully saturated rings. The van der Waals surface area contributed by atoms with Crippen molar-refractivity contribution < 1.29 is 9.90 Å². The predicted molar refractivity (Wildman–Crippen MR) is 180 cm³/mol. The summed E-state index contributed by atoms with van der Waals surface area (Å²) in [5, 5.41) is 14.9. The predicted octanol–water partition coefficient (Wildman–Crippen LogP) is 8.39. The van der Waals surface area contributed by atoms with Crippen LogP contribution in [-0.2, 0) is 15.8 Å². The van der Waals surface area contributed by atoms with Crippen molar-refractivity contribution in [3.63, 3.8) is 0 Å². The third-order valence-corrected chi connectivity index (χ3v) is 8.16. The molecule has 0 heterocycles. The molecule has 6 rings (SSSR count). The maximum absolute atomic E-state index is 13.1. The molecular formula is C40H34ClNO2. The maximum atomic E-state index is 13.1. The highest BCUT2D eigenvalue weighted by Crippen LogP contribution is 2.40. The van der Waals surface area contributed by atoms with Crippen molar-refractivity contribution >= 4 is 17.5 Å². The second-order valence-electron chi connectivity index (χ2n) is 10.3. The van der Waals surface area contributed by atoms with Gasteiger partial charge >= 0.3 is 0 Å². The highest BCUT2D eigenvalue weighted by molar-refractivity contribution is 6.31. The van der Waals surface area contributed by atoms with Gasteiger partial charge < -0.3 is 10.4 Å². The second kappa shape index (κ2) is 14.0. The Morgan fingerprint density at radius 2 is 0.795 bits per heavy atom. The Balaban J connectivity index is 0.000000175. The van der Waals surface area contributed by atoms with Crippen LogP contribution in [0, 0.1) is 0 Å². The molecule has 3 nitrogen and oxygen atoms in total. The lowest BCUT2D eigenvalue weighted by Gasteiger charge is -2.34. The minimum Gasteiger partial charge on any atom is -0.376 e. The van der Waals surface area contributed by atoms with E-state index in [2.05, 4.69) is 5.32 Å². The summed E-state index contributed by atoms with van der Waals surface area (Å²) in [6, 6.07) is 56.4. The molecule has 0 bridgehead atoms. The SMILES string of the molecule is CNC(=O)C(c1ccccc1)(c1ccccc1)c1ccccc1.OC(c1ccccc1)(c1ccccc1)c1ccccc1Cl. The average molecular weight is 596 g/mol. The number of amides is 1. The van der Waals surface area contributed by atoms with Gasteiger partial charge in [0.05, 0.1) is 0 Å². The summed E-state index contributed by atoms with van der Waals surface area (Å²) in [4.78, 5) is 13.1. The first-order valence-corrected chi connectivity index (χ1v) is 14.9. The van der Waals surface area contributed by atoms with Gasteiger partial charge in [-0.2, -0.15) is 0 Å². The molecule has 4 heteroatoms. The smallest absolute Gasteiger partial charge is 0.239 e. The summed E-state index contributed by atoms with van der Waals surface area (Å²) >= 11 is 6.35. The number of hydrogen-bond acceptors (Lipinski definition) is 2. The molecule has 6 aromatic carbocycles. The average Bonchev–Trinajstić information content (AvgIpc) is 3.11. The first-order chi connectivity index (χ1) is 21.5. The normalized spacial score (nSPS) is 11.2. The number of carbonyl (C=O) groups is 1. The van der Waals surface area contributed by atoms with E-state index in [1.807, 2.05) is 170 Å². The quantitative estimate of drug-likeness (QED) is 0.182. The van der Waals surface area contributed by atoms with E-state index < -0.39 is 11.0 Å². The molecule has 0 radical (unpaired) electrons. The highest BCUT2D eigenvalue weighted by atomic mass is 35.5. The van der Waals surface area contributed by atoms with E-state index >= 15 is 0 Å². The standard InChI is InChI=1S/C21H19NO.C19H15ClO/c1-22-20(23)21(17-11-5-2-6-12-17,18-13-7-3-8-14-18)19-15-9-4-10-16-19;20-18-14-8-7-13-17(18)19(21,15-9-3-1-4-10-15)16-11-5-2-6-12-16/h2-16H,1H3,(H,22,23);1-14,21H. The fourth-order valence-corrected chi connectivity index (χ4v) is 6.01. The molecule has 0 aliphatic rings. The zero-order valence-corrected chi connectivity index (χ0v) is 25.2. The minimum atomic E-state index is -1.26. The number of rotatable bonds is 7. The van der Waals surface area contributed by atoms with Crippen LogP contribution in [0.1, 0.15) is 33.4 Å². The summed E-state index contributed by atoms with van der Waals surface area (Å²) in [6.45, 7) is 0. The maximum Gasteiger partial charge on any atom is 0.239 e. The summed E-state index contributed by atoms with van der Waals surface area (Å²) in [5.41, 5.74) is 3.02. The molecule has 0 saturated carbocycles. The van der Waals surface area contributed by atoms with Gasteiger partial charge in [-0.15, -0.1) is 0 Å². The van der Waals surface area contributed by atoms with Crippen molar-refractivity contribution in [3.8, 4) is 0 Å². The molecule has 0 spiro atoms. The molecule has 6 aromatic rings. The van der Waals surface area contributed by atoms with Gasteiger partial charge in [0.2, 0.25) is 5.91 Å². The number of halogens is 1. The third-order valence-electron chi connectivity index (χ3n) is 7.83. The van der Waals surface area contributed by atoms with E-state index in [0.29, 0.717) is 10.6 Å². The van der Waals surface area contributed by atoms with Crippen LogP contribution in [0.2, 0.25) is 5.02 Å². The van der Waals surface area contributed by atoms with Crippen molar-refractivity contribution in [1.82, 2.24) is 5.32 Å². The van der Waals surface area contributed by atoms with Crippen LogP contribution in [0.3, 0.4) is 0 Å². The van der Waals surface area contributed by atoms with Gasteiger partial charge in [0.25, 0.3) is 0 Å². The molecule has 44 heavy (non-hydrogen) atoms. The Hall–Kier alpha value is -4.96. The van der Waals surface area contributed by atoms with Crippen molar-refractivity contribution in [2.24, 2.45) is 0 Å². The number of nitrogens with one attached hydrogen (secondary N) is 1. The van der Waals surface area contributed by atoms with Crippen LogP contribution in [-0.4, -0.2) is 18.1 Å². The lowest BCUT2D eigenvalue weighted by atomic mass is 9.68. The molecule has 218 valence electrons. The summed E-state index contributed by atoms with van der Waals surface area (Å²) in [5.74, 6) is -0.0406. The molecule has 1 amide bonds. The molecule has 0 aromatic heterocycles. The first-order valence-electron chi connectivity index (χ1n) is 14.5. The highest BCUT2D eigenvalue weighted by Gasteiger charge is 2.43. The van der Waals surface area contributed by atoms with Crippen LogP contribution >= 0.6 is 11.6 Å². The van der Waals surface area contributed by atoms with Crippen LogP contribution in [0.15, 0.2) is 176 Å². The van der Waals surface area contributed by atoms with E-state index in [-0.39, 0.29) is 5.91 Å². The molecule has 0 aliphatic carbocycles. The second-order valence-corrected chi connectivity index (χ2v) is 10.8. The lowest BCUT2D eigenvalue weighted by molar-refractivity contribution is -0.123. The van der Waals surface area contributed by atoms with Gasteiger partial charge in [-0.25, -0.2) is 0 Å². The molecule has 0 saturated heterocycles. The Morgan fingerprint density at radius 3 is 1.11 bits per heavy atom. The van der Waals surface area contributed by atoms with Crippen molar-refractivity contribution in [1.29, 1.82) is 0 Å². The monoisotopic (exact) mass is 595 g/mol. The van der Waals surface area contributed by atoms with E-state index in [4.69, 9.17) is 11.6 Å². The van der Waals surface area contributed by atoms with Crippen LogP contribution < -0.4 is 5.32 Å². The van der Waals surface area contributed by atoms with Crippen LogP contribution in [0.25, 0.3) is 0 Å². The van der Waals surface area contributed by atoms with Crippen molar-refractivity contribution in [2.45, 2.75) is 11.0 Å². The van der Waals surface area contributed by atoms with E-state index in [1.54, 1.807) is 13.1 Å². The fraction of sp³-hybridized carbons (Fsp3) is 0.0750. The third kappa shape index (κ3) is 5.93. The van der Waals surface area contributed by atoms with Gasteiger partial charge in [-0.3, -0.25) is 4.79 Å². The Labute approximate surface area is 264 Å². The zero-order valence-electron chi connectivity index (χ0n) is 24.5. The first kappa shape index (κ1) is 30.5. The number of hydrogen-bond donors (Lipinski definition) is 2. The van der Waals surface area contributed by atoms with E-state index in [1.165, 1.54) is 0 Å². The van der Waals surface area contributed by atoms with Crippen LogP contribution in [0.5, 0.6) is 0 Å². The topological polar surface area (TPSA) is 49.3 Å². The summed E-state index contributed by atoms with van der Waals surface area (Å²) in [6.07, 6.45) is 0. The fourth-order valence-electron chi connectivity index (χ4n) is 5.74. The minimum absolute atomic E-state index is 0.0406. The molecule has 0 atom stereocenters. The van der Waals surface area contributed by atoms with Gasteiger partial charge in [-0.1, -0.05) is 181 Å². The Morgan fingerprint density at radius 1 is 0.500 bits per heavy atom. The van der Waals surface area contributed by atoms with Gasteiger partial charge in [0.1, 0.15) is 11.0 Å². The lowest BCUT2D eigenvalue weighted by Crippen LogP contribution is -2.45. The number of benzene rings is 6. The van der Waals surface area contributed by atoms with E-state index in [0.717, 1.165) is 27.8 Å². The van der Waals surface area contributed by atoms with Crippen molar-refractivity contribution in [2.75, 3.05) is 7.05 Å². The van der Waals surface area contributed by atoms with Crippen LogP contribution in [0.4, 0.5) is 0 Å². The summed E-state index contributed by atoms with van der Waals surface area (Å²) in [7, 11) is 1.69. The van der Waals surface area contributed by atoms with Crippen molar-refractivity contribution in [3.05, 3.63) is 214 Å². The van der Waals surface area contributed by atoms with Gasteiger partial charge in [-0.05, 0) is 33.9 Å². The molecule has 2 N–H and O–H groups in total. The number of aliphatic hydroxyl groups is 1. The number of carbonyl (C=O) groups excluding carboxylic acids is 1.